The van der Waals surface area contributed by atoms with Crippen LogP contribution in [0, 0.1) is 10.1 Å². The van der Waals surface area contributed by atoms with Crippen molar-refractivity contribution in [2.45, 2.75) is 13.3 Å². The molecule has 0 heterocycles. The highest BCUT2D eigenvalue weighted by molar-refractivity contribution is 6.01. The molecule has 0 atom stereocenters. The van der Waals surface area contributed by atoms with Crippen LogP contribution in [0.1, 0.15) is 23.7 Å². The van der Waals surface area contributed by atoms with Crippen LogP contribution in [-0.2, 0) is 0 Å². The molecule has 1 amide bonds. The predicted octanol–water partition coefficient (Wildman–Crippen LogP) is 1.48. The van der Waals surface area contributed by atoms with E-state index in [9.17, 15) is 14.9 Å². The minimum absolute atomic E-state index is 0.123. The molecule has 110 valence electrons. The van der Waals surface area contributed by atoms with Gasteiger partial charge in [-0.15, -0.1) is 0 Å². The largest absolute Gasteiger partial charge is 0.395 e. The minimum Gasteiger partial charge on any atom is -0.395 e. The van der Waals surface area contributed by atoms with Crippen LogP contribution in [0.2, 0.25) is 0 Å². The number of carbonyl (C=O) groups is 1. The number of nitrogens with zero attached hydrogens (tertiary/aromatic N) is 2. The Hall–Kier alpha value is -2.15. The fraction of sp³-hybridized carbons (Fsp3) is 0.462. The number of anilines is 1. The summed E-state index contributed by atoms with van der Waals surface area (Å²) in [4.78, 5) is 24.1. The van der Waals surface area contributed by atoms with Crippen molar-refractivity contribution in [3.8, 4) is 0 Å². The normalized spacial score (nSPS) is 10.2. The molecule has 1 aromatic rings. The van der Waals surface area contributed by atoms with E-state index in [-0.39, 0.29) is 36.0 Å². The topological polar surface area (TPSA) is 95.7 Å². The zero-order valence-electron chi connectivity index (χ0n) is 11.6. The molecule has 7 heteroatoms. The van der Waals surface area contributed by atoms with Crippen molar-refractivity contribution in [3.05, 3.63) is 33.9 Å². The molecule has 0 bridgehead atoms. The van der Waals surface area contributed by atoms with Crippen molar-refractivity contribution < 1.29 is 14.8 Å². The van der Waals surface area contributed by atoms with E-state index in [1.807, 2.05) is 6.92 Å². The van der Waals surface area contributed by atoms with Gasteiger partial charge in [-0.1, -0.05) is 13.0 Å². The number of hydrogen-bond acceptors (Lipinski definition) is 5. The molecule has 0 aliphatic heterocycles. The van der Waals surface area contributed by atoms with Crippen molar-refractivity contribution in [1.82, 2.24) is 4.90 Å². The Morgan fingerprint density at radius 2 is 2.20 bits per heavy atom. The van der Waals surface area contributed by atoms with Gasteiger partial charge in [0, 0.05) is 26.2 Å². The summed E-state index contributed by atoms with van der Waals surface area (Å²) in [7, 11) is 1.54. The van der Waals surface area contributed by atoms with Crippen LogP contribution in [0.3, 0.4) is 0 Å². The molecule has 0 unspecified atom stereocenters. The number of nitrogens with one attached hydrogen (secondary N) is 1. The maximum Gasteiger partial charge on any atom is 0.293 e. The standard InChI is InChI=1S/C13H19N3O4/c1-3-7-14-12-10(13(18)15(2)8-9-17)5-4-6-11(12)16(19)20/h4-6,14,17H,3,7-9H2,1-2H3. The molecule has 1 rings (SSSR count). The van der Waals surface area contributed by atoms with Gasteiger partial charge in [-0.3, -0.25) is 14.9 Å². The lowest BCUT2D eigenvalue weighted by Gasteiger charge is -2.18. The second-order valence-corrected chi connectivity index (χ2v) is 4.33. The first-order valence-electron chi connectivity index (χ1n) is 6.40. The molecule has 0 aromatic heterocycles. The first-order valence-corrected chi connectivity index (χ1v) is 6.40. The number of nitro benzene ring substituents is 1. The van der Waals surface area contributed by atoms with Crippen LogP contribution >= 0.6 is 0 Å². The van der Waals surface area contributed by atoms with Gasteiger partial charge in [0.05, 0.1) is 17.1 Å². The fourth-order valence-electron chi connectivity index (χ4n) is 1.76. The molecule has 0 radical (unpaired) electrons. The van der Waals surface area contributed by atoms with E-state index in [0.29, 0.717) is 6.54 Å². The summed E-state index contributed by atoms with van der Waals surface area (Å²) in [5.74, 6) is -0.360. The maximum atomic E-state index is 12.2. The van der Waals surface area contributed by atoms with Gasteiger partial charge in [-0.05, 0) is 12.5 Å². The van der Waals surface area contributed by atoms with Gasteiger partial charge in [0.25, 0.3) is 11.6 Å². The molecular weight excluding hydrogens is 262 g/mol. The summed E-state index contributed by atoms with van der Waals surface area (Å²) >= 11 is 0. The highest BCUT2D eigenvalue weighted by Crippen LogP contribution is 2.29. The second-order valence-electron chi connectivity index (χ2n) is 4.33. The van der Waals surface area contributed by atoms with Crippen molar-refractivity contribution in [2.24, 2.45) is 0 Å². The number of amides is 1. The van der Waals surface area contributed by atoms with E-state index in [1.165, 1.54) is 17.0 Å². The quantitative estimate of drug-likeness (QED) is 0.583. The molecular formula is C13H19N3O4. The third kappa shape index (κ3) is 3.67. The molecule has 1 aromatic carbocycles. The van der Waals surface area contributed by atoms with Crippen LogP contribution in [0.25, 0.3) is 0 Å². The van der Waals surface area contributed by atoms with Gasteiger partial charge in [0.15, 0.2) is 0 Å². The molecule has 7 nitrogen and oxygen atoms in total. The highest BCUT2D eigenvalue weighted by Gasteiger charge is 2.23. The summed E-state index contributed by atoms with van der Waals surface area (Å²) < 4.78 is 0. The number of hydrogen-bond donors (Lipinski definition) is 2. The molecule has 20 heavy (non-hydrogen) atoms. The van der Waals surface area contributed by atoms with E-state index in [0.717, 1.165) is 6.42 Å². The third-order valence-corrected chi connectivity index (χ3v) is 2.80. The smallest absolute Gasteiger partial charge is 0.293 e. The lowest BCUT2D eigenvalue weighted by atomic mass is 10.1. The first kappa shape index (κ1) is 15.9. The number of carbonyl (C=O) groups excluding carboxylic acids is 1. The Bertz CT molecular complexity index is 491. The van der Waals surface area contributed by atoms with Gasteiger partial charge in [-0.25, -0.2) is 0 Å². The van der Waals surface area contributed by atoms with Crippen molar-refractivity contribution in [2.75, 3.05) is 32.1 Å². The number of para-hydroxylation sites is 1. The van der Waals surface area contributed by atoms with Gasteiger partial charge < -0.3 is 15.3 Å². The molecule has 0 saturated heterocycles. The molecule has 0 saturated carbocycles. The molecule has 2 N–H and O–H groups in total. The number of rotatable bonds is 7. The lowest BCUT2D eigenvalue weighted by Crippen LogP contribution is -2.30. The summed E-state index contributed by atoms with van der Waals surface area (Å²) in [6.45, 7) is 2.49. The Balaban J connectivity index is 3.20. The van der Waals surface area contributed by atoms with Gasteiger partial charge in [0.2, 0.25) is 0 Å². The Kier molecular flexibility index (Phi) is 5.92. The van der Waals surface area contributed by atoms with Crippen LogP contribution in [-0.4, -0.2) is 47.6 Å². The monoisotopic (exact) mass is 281 g/mol. The third-order valence-electron chi connectivity index (χ3n) is 2.80. The SMILES string of the molecule is CCCNc1c(C(=O)N(C)CCO)cccc1[N+](=O)[O-]. The number of aliphatic hydroxyl groups is 1. The van der Waals surface area contributed by atoms with Crippen molar-refractivity contribution >= 4 is 17.3 Å². The molecule has 0 fully saturated rings. The Morgan fingerprint density at radius 1 is 1.50 bits per heavy atom. The number of aliphatic hydroxyl groups excluding tert-OH is 1. The van der Waals surface area contributed by atoms with Crippen LogP contribution in [0.15, 0.2) is 18.2 Å². The predicted molar refractivity (Wildman–Crippen MR) is 75.9 cm³/mol. The van der Waals surface area contributed by atoms with Crippen molar-refractivity contribution in [3.63, 3.8) is 0 Å². The first-order chi connectivity index (χ1) is 9.52. The average Bonchev–Trinajstić information content (AvgIpc) is 2.44. The van der Waals surface area contributed by atoms with E-state index < -0.39 is 4.92 Å². The Labute approximate surface area is 117 Å². The zero-order valence-corrected chi connectivity index (χ0v) is 11.6. The number of benzene rings is 1. The molecule has 0 spiro atoms. The maximum absolute atomic E-state index is 12.2. The summed E-state index contributed by atoms with van der Waals surface area (Å²) in [6.07, 6.45) is 0.784. The summed E-state index contributed by atoms with van der Waals surface area (Å²) in [6, 6.07) is 4.39. The van der Waals surface area contributed by atoms with E-state index >= 15 is 0 Å². The van der Waals surface area contributed by atoms with E-state index in [2.05, 4.69) is 5.32 Å². The van der Waals surface area contributed by atoms with Crippen molar-refractivity contribution in [1.29, 1.82) is 0 Å². The van der Waals surface area contributed by atoms with Gasteiger partial charge in [0.1, 0.15) is 5.69 Å². The molecule has 0 aliphatic rings. The van der Waals surface area contributed by atoms with Crippen LogP contribution in [0.5, 0.6) is 0 Å². The lowest BCUT2D eigenvalue weighted by molar-refractivity contribution is -0.384. The fourth-order valence-corrected chi connectivity index (χ4v) is 1.76. The Morgan fingerprint density at radius 3 is 2.75 bits per heavy atom. The zero-order chi connectivity index (χ0) is 15.1. The van der Waals surface area contributed by atoms with Crippen LogP contribution < -0.4 is 5.32 Å². The van der Waals surface area contributed by atoms with Gasteiger partial charge >= 0.3 is 0 Å². The van der Waals surface area contributed by atoms with E-state index in [1.54, 1.807) is 13.1 Å². The second kappa shape index (κ2) is 7.44. The molecule has 0 aliphatic carbocycles. The number of likely N-dealkylation sites (N-methyl/N-ethyl adjacent to an activating group) is 1. The summed E-state index contributed by atoms with van der Waals surface area (Å²) in [5.41, 5.74) is 0.347. The van der Waals surface area contributed by atoms with Crippen LogP contribution in [0.4, 0.5) is 11.4 Å². The van der Waals surface area contributed by atoms with E-state index in [4.69, 9.17) is 5.11 Å². The average molecular weight is 281 g/mol. The minimum atomic E-state index is -0.513. The van der Waals surface area contributed by atoms with Gasteiger partial charge in [-0.2, -0.15) is 0 Å². The number of nitro groups is 1. The summed E-state index contributed by atoms with van der Waals surface area (Å²) in [5, 5.41) is 22.9. The highest BCUT2D eigenvalue weighted by atomic mass is 16.6.